The number of carbonyl (C=O) groups excluding carboxylic acids is 1. The normalized spacial score (nSPS) is 10.4. The van der Waals surface area contributed by atoms with Crippen LogP contribution in [0.15, 0.2) is 54.7 Å². The topological polar surface area (TPSA) is 80.0 Å². The standard InChI is InChI=1S/C16H14N4O2/c1-20-14(10-12(19-20)11-6-3-2-4-7-11)18-16(22)15-13(21)8-5-9-17-15/h2-10,21H,1H3,(H,18,22). The van der Waals surface area contributed by atoms with Crippen molar-refractivity contribution in [2.24, 2.45) is 7.05 Å². The van der Waals surface area contributed by atoms with Gasteiger partial charge in [0.05, 0.1) is 5.69 Å². The maximum absolute atomic E-state index is 12.2. The van der Waals surface area contributed by atoms with Crippen LogP contribution in [0.5, 0.6) is 5.75 Å². The van der Waals surface area contributed by atoms with Gasteiger partial charge in [-0.15, -0.1) is 0 Å². The predicted molar refractivity (Wildman–Crippen MR) is 82.5 cm³/mol. The molecule has 0 saturated heterocycles. The van der Waals surface area contributed by atoms with Crippen LogP contribution in [0.2, 0.25) is 0 Å². The third-order valence-electron chi connectivity index (χ3n) is 3.19. The number of hydrogen-bond donors (Lipinski definition) is 2. The fourth-order valence-corrected chi connectivity index (χ4v) is 2.08. The van der Waals surface area contributed by atoms with Crippen molar-refractivity contribution in [3.63, 3.8) is 0 Å². The number of nitrogens with zero attached hydrogens (tertiary/aromatic N) is 3. The minimum Gasteiger partial charge on any atom is -0.505 e. The summed E-state index contributed by atoms with van der Waals surface area (Å²) in [6.45, 7) is 0. The Kier molecular flexibility index (Phi) is 3.57. The average Bonchev–Trinajstić information content (AvgIpc) is 2.89. The first-order chi connectivity index (χ1) is 10.6. The van der Waals surface area contributed by atoms with E-state index in [1.807, 2.05) is 30.3 Å². The van der Waals surface area contributed by atoms with Gasteiger partial charge in [-0.2, -0.15) is 5.10 Å². The first-order valence-corrected chi connectivity index (χ1v) is 6.70. The SMILES string of the molecule is Cn1nc(-c2ccccc2)cc1NC(=O)c1ncccc1O. The van der Waals surface area contributed by atoms with Crippen molar-refractivity contribution < 1.29 is 9.90 Å². The van der Waals surface area contributed by atoms with E-state index in [1.165, 1.54) is 12.3 Å². The number of nitrogens with one attached hydrogen (secondary N) is 1. The Labute approximate surface area is 127 Å². The molecule has 1 aromatic carbocycles. The maximum Gasteiger partial charge on any atom is 0.279 e. The summed E-state index contributed by atoms with van der Waals surface area (Å²) in [7, 11) is 1.74. The van der Waals surface area contributed by atoms with E-state index < -0.39 is 5.91 Å². The average molecular weight is 294 g/mol. The molecule has 0 aliphatic carbocycles. The van der Waals surface area contributed by atoms with Gasteiger partial charge in [0.1, 0.15) is 11.6 Å². The van der Waals surface area contributed by atoms with Crippen molar-refractivity contribution in [3.05, 3.63) is 60.4 Å². The van der Waals surface area contributed by atoms with Crippen LogP contribution in [0.1, 0.15) is 10.5 Å². The van der Waals surface area contributed by atoms with Crippen LogP contribution >= 0.6 is 0 Å². The highest BCUT2D eigenvalue weighted by atomic mass is 16.3. The molecular weight excluding hydrogens is 280 g/mol. The van der Waals surface area contributed by atoms with Gasteiger partial charge in [0.15, 0.2) is 5.69 Å². The summed E-state index contributed by atoms with van der Waals surface area (Å²) in [6.07, 6.45) is 1.45. The lowest BCUT2D eigenvalue weighted by atomic mass is 10.1. The maximum atomic E-state index is 12.2. The number of aromatic hydroxyl groups is 1. The molecule has 0 atom stereocenters. The third-order valence-corrected chi connectivity index (χ3v) is 3.19. The van der Waals surface area contributed by atoms with Gasteiger partial charge in [-0.05, 0) is 12.1 Å². The summed E-state index contributed by atoms with van der Waals surface area (Å²) in [5, 5.41) is 16.7. The molecule has 6 heteroatoms. The van der Waals surface area contributed by atoms with E-state index in [1.54, 1.807) is 23.9 Å². The van der Waals surface area contributed by atoms with E-state index in [2.05, 4.69) is 15.4 Å². The predicted octanol–water partition coefficient (Wildman–Crippen LogP) is 2.44. The van der Waals surface area contributed by atoms with Gasteiger partial charge in [-0.25, -0.2) is 4.98 Å². The van der Waals surface area contributed by atoms with E-state index in [9.17, 15) is 9.90 Å². The van der Waals surface area contributed by atoms with Gasteiger partial charge >= 0.3 is 0 Å². The number of rotatable bonds is 3. The molecule has 22 heavy (non-hydrogen) atoms. The minimum atomic E-state index is -0.485. The van der Waals surface area contributed by atoms with E-state index >= 15 is 0 Å². The second kappa shape index (κ2) is 5.69. The number of aryl methyl sites for hydroxylation is 1. The summed E-state index contributed by atoms with van der Waals surface area (Å²) in [5.41, 5.74) is 1.69. The second-order valence-corrected chi connectivity index (χ2v) is 4.73. The Balaban J connectivity index is 1.86. The molecule has 0 aliphatic rings. The summed E-state index contributed by atoms with van der Waals surface area (Å²) in [5.74, 6) is -0.125. The molecule has 1 amide bonds. The van der Waals surface area contributed by atoms with Crippen molar-refractivity contribution in [1.29, 1.82) is 0 Å². The van der Waals surface area contributed by atoms with Crippen LogP contribution in [0, 0.1) is 0 Å². The lowest BCUT2D eigenvalue weighted by Gasteiger charge is -2.05. The van der Waals surface area contributed by atoms with Crippen LogP contribution in [0.4, 0.5) is 5.82 Å². The summed E-state index contributed by atoms with van der Waals surface area (Å²) in [4.78, 5) is 16.0. The van der Waals surface area contributed by atoms with Crippen LogP contribution in [-0.2, 0) is 7.05 Å². The molecule has 3 aromatic rings. The molecule has 0 aliphatic heterocycles. The van der Waals surface area contributed by atoms with Crippen molar-refractivity contribution >= 4 is 11.7 Å². The van der Waals surface area contributed by atoms with Gasteiger partial charge < -0.3 is 10.4 Å². The highest BCUT2D eigenvalue weighted by molar-refractivity contribution is 6.04. The monoisotopic (exact) mass is 294 g/mol. The van der Waals surface area contributed by atoms with Gasteiger partial charge in [-0.3, -0.25) is 9.48 Å². The van der Waals surface area contributed by atoms with Crippen molar-refractivity contribution in [2.75, 3.05) is 5.32 Å². The van der Waals surface area contributed by atoms with Crippen LogP contribution in [-0.4, -0.2) is 25.8 Å². The number of aromatic nitrogens is 3. The summed E-state index contributed by atoms with van der Waals surface area (Å²) in [6, 6.07) is 14.4. The van der Waals surface area contributed by atoms with E-state index in [-0.39, 0.29) is 11.4 Å². The fourth-order valence-electron chi connectivity index (χ4n) is 2.08. The third kappa shape index (κ3) is 2.67. The molecule has 2 aromatic heterocycles. The molecule has 0 saturated carbocycles. The molecule has 2 heterocycles. The minimum absolute atomic E-state index is 0.0232. The Hall–Kier alpha value is -3.15. The molecule has 0 fully saturated rings. The quantitative estimate of drug-likeness (QED) is 0.777. The Morgan fingerprint density at radius 3 is 2.68 bits per heavy atom. The molecule has 6 nitrogen and oxygen atoms in total. The van der Waals surface area contributed by atoms with E-state index in [4.69, 9.17) is 0 Å². The fraction of sp³-hybridized carbons (Fsp3) is 0.0625. The van der Waals surface area contributed by atoms with E-state index in [0.29, 0.717) is 5.82 Å². The summed E-state index contributed by atoms with van der Waals surface area (Å²) >= 11 is 0. The van der Waals surface area contributed by atoms with Gasteiger partial charge in [0.25, 0.3) is 5.91 Å². The first-order valence-electron chi connectivity index (χ1n) is 6.70. The molecular formula is C16H14N4O2. The number of hydrogen-bond acceptors (Lipinski definition) is 4. The molecule has 0 spiro atoms. The molecule has 0 radical (unpaired) electrons. The number of amides is 1. The van der Waals surface area contributed by atoms with Gasteiger partial charge in [0.2, 0.25) is 0 Å². The zero-order chi connectivity index (χ0) is 15.5. The second-order valence-electron chi connectivity index (χ2n) is 4.73. The van der Waals surface area contributed by atoms with Crippen molar-refractivity contribution in [3.8, 4) is 17.0 Å². The van der Waals surface area contributed by atoms with Crippen LogP contribution < -0.4 is 5.32 Å². The Morgan fingerprint density at radius 2 is 1.95 bits per heavy atom. The molecule has 110 valence electrons. The summed E-state index contributed by atoms with van der Waals surface area (Å²) < 4.78 is 1.57. The molecule has 3 rings (SSSR count). The van der Waals surface area contributed by atoms with E-state index in [0.717, 1.165) is 11.3 Å². The van der Waals surface area contributed by atoms with Crippen molar-refractivity contribution in [2.45, 2.75) is 0 Å². The smallest absolute Gasteiger partial charge is 0.279 e. The van der Waals surface area contributed by atoms with Crippen LogP contribution in [0.25, 0.3) is 11.3 Å². The number of pyridine rings is 1. The van der Waals surface area contributed by atoms with Gasteiger partial charge in [-0.1, -0.05) is 30.3 Å². The number of anilines is 1. The molecule has 0 unspecified atom stereocenters. The molecule has 0 bridgehead atoms. The lowest BCUT2D eigenvalue weighted by molar-refractivity contribution is 0.101. The Bertz CT molecular complexity index is 812. The Morgan fingerprint density at radius 1 is 1.18 bits per heavy atom. The number of benzene rings is 1. The highest BCUT2D eigenvalue weighted by Crippen LogP contribution is 2.22. The zero-order valence-electron chi connectivity index (χ0n) is 11.9. The highest BCUT2D eigenvalue weighted by Gasteiger charge is 2.15. The number of carbonyl (C=O) groups is 1. The largest absolute Gasteiger partial charge is 0.505 e. The molecule has 2 N–H and O–H groups in total. The zero-order valence-corrected chi connectivity index (χ0v) is 11.9. The van der Waals surface area contributed by atoms with Crippen molar-refractivity contribution in [1.82, 2.24) is 14.8 Å². The first kappa shape index (κ1) is 13.8. The lowest BCUT2D eigenvalue weighted by Crippen LogP contribution is -2.16. The van der Waals surface area contributed by atoms with Crippen LogP contribution in [0.3, 0.4) is 0 Å². The van der Waals surface area contributed by atoms with Gasteiger partial charge in [0, 0.05) is 24.9 Å².